The molecule has 1 amide bonds. The third-order valence-electron chi connectivity index (χ3n) is 1.76. The summed E-state index contributed by atoms with van der Waals surface area (Å²) < 4.78 is 9.03. The summed E-state index contributed by atoms with van der Waals surface area (Å²) in [5.41, 5.74) is 1.24. The lowest BCUT2D eigenvalue weighted by atomic mass is 10.3. The second kappa shape index (κ2) is 4.79. The fraction of sp³-hybridized carbons (Fsp3) is 0.333. The van der Waals surface area contributed by atoms with E-state index in [4.69, 9.17) is 0 Å². The number of ether oxygens (including phenoxy) is 2. The fourth-order valence-electron chi connectivity index (χ4n) is 0.996. The Labute approximate surface area is 91.0 Å². The number of nitrogens with one attached hydrogen (secondary N) is 1. The van der Waals surface area contributed by atoms with Gasteiger partial charge in [-0.3, -0.25) is 5.32 Å². The normalized spacial score (nSPS) is 9.53. The van der Waals surface area contributed by atoms with Gasteiger partial charge in [0.15, 0.2) is 0 Å². The highest BCUT2D eigenvalue weighted by Gasteiger charge is 2.18. The Morgan fingerprint density at radius 2 is 2.00 bits per heavy atom. The average Bonchev–Trinajstić information content (AvgIpc) is 2.59. The molecule has 0 aliphatic rings. The van der Waals surface area contributed by atoms with Crippen LogP contribution in [0.15, 0.2) is 5.38 Å². The molecule has 82 valence electrons. The molecule has 0 aliphatic carbocycles. The monoisotopic (exact) mass is 229 g/mol. The van der Waals surface area contributed by atoms with Gasteiger partial charge in [-0.2, -0.15) is 0 Å². The summed E-state index contributed by atoms with van der Waals surface area (Å²) in [6.45, 7) is 1.79. The van der Waals surface area contributed by atoms with Gasteiger partial charge in [0, 0.05) is 0 Å². The zero-order valence-electron chi connectivity index (χ0n) is 8.62. The number of carbonyl (C=O) groups is 2. The summed E-state index contributed by atoms with van der Waals surface area (Å²) in [4.78, 5) is 22.7. The van der Waals surface area contributed by atoms with Gasteiger partial charge in [0.25, 0.3) is 0 Å². The van der Waals surface area contributed by atoms with Crippen LogP contribution < -0.4 is 5.32 Å². The predicted molar refractivity (Wildman–Crippen MR) is 56.4 cm³/mol. The lowest BCUT2D eigenvalue weighted by molar-refractivity contribution is 0.0607. The van der Waals surface area contributed by atoms with E-state index in [1.54, 1.807) is 12.3 Å². The van der Waals surface area contributed by atoms with E-state index in [0.29, 0.717) is 10.6 Å². The molecule has 1 rings (SSSR count). The first-order valence-corrected chi connectivity index (χ1v) is 4.99. The Balaban J connectivity index is 2.99. The van der Waals surface area contributed by atoms with E-state index < -0.39 is 12.1 Å². The van der Waals surface area contributed by atoms with Crippen LogP contribution in [0.4, 0.5) is 10.5 Å². The molecule has 0 aromatic carbocycles. The quantitative estimate of drug-likeness (QED) is 0.788. The molecule has 6 heteroatoms. The maximum atomic E-state index is 11.3. The smallest absolute Gasteiger partial charge is 0.411 e. The van der Waals surface area contributed by atoms with E-state index in [1.807, 2.05) is 0 Å². The largest absolute Gasteiger partial charge is 0.465 e. The zero-order chi connectivity index (χ0) is 11.4. The van der Waals surface area contributed by atoms with Crippen molar-refractivity contribution in [1.29, 1.82) is 0 Å². The van der Waals surface area contributed by atoms with Crippen molar-refractivity contribution < 1.29 is 19.1 Å². The first-order valence-electron chi connectivity index (χ1n) is 4.11. The van der Waals surface area contributed by atoms with Gasteiger partial charge in [0.05, 0.1) is 19.9 Å². The molecule has 1 aromatic rings. The summed E-state index contributed by atoms with van der Waals surface area (Å²) in [5.74, 6) is -0.473. The fourth-order valence-corrected chi connectivity index (χ4v) is 1.92. The van der Waals surface area contributed by atoms with Gasteiger partial charge in [0.1, 0.15) is 4.88 Å². The number of esters is 1. The van der Waals surface area contributed by atoms with Crippen LogP contribution in [0.5, 0.6) is 0 Å². The van der Waals surface area contributed by atoms with Crippen molar-refractivity contribution in [2.45, 2.75) is 6.92 Å². The number of hydrogen-bond acceptors (Lipinski definition) is 5. The van der Waals surface area contributed by atoms with Crippen LogP contribution in [0.2, 0.25) is 0 Å². The number of thiophene rings is 1. The Morgan fingerprint density at radius 1 is 1.33 bits per heavy atom. The van der Waals surface area contributed by atoms with Crippen molar-refractivity contribution in [1.82, 2.24) is 0 Å². The van der Waals surface area contributed by atoms with Crippen LogP contribution in [0.25, 0.3) is 0 Å². The van der Waals surface area contributed by atoms with Crippen molar-refractivity contribution >= 4 is 29.1 Å². The van der Waals surface area contributed by atoms with E-state index in [1.165, 1.54) is 25.6 Å². The van der Waals surface area contributed by atoms with Crippen molar-refractivity contribution in [3.05, 3.63) is 15.8 Å². The minimum atomic E-state index is -0.610. The van der Waals surface area contributed by atoms with Crippen LogP contribution in [0, 0.1) is 6.92 Å². The number of rotatable bonds is 2. The topological polar surface area (TPSA) is 64.6 Å². The van der Waals surface area contributed by atoms with E-state index in [2.05, 4.69) is 14.8 Å². The molecule has 0 radical (unpaired) electrons. The van der Waals surface area contributed by atoms with Crippen LogP contribution >= 0.6 is 11.3 Å². The number of aryl methyl sites for hydroxylation is 1. The minimum absolute atomic E-state index is 0.361. The van der Waals surface area contributed by atoms with Gasteiger partial charge < -0.3 is 9.47 Å². The summed E-state index contributed by atoms with van der Waals surface area (Å²) in [5, 5.41) is 4.23. The lowest BCUT2D eigenvalue weighted by Crippen LogP contribution is -2.14. The molecule has 0 bridgehead atoms. The molecule has 0 fully saturated rings. The van der Waals surface area contributed by atoms with Gasteiger partial charge in [-0.25, -0.2) is 9.59 Å². The van der Waals surface area contributed by atoms with Crippen molar-refractivity contribution in [3.8, 4) is 0 Å². The number of methoxy groups -OCH3 is 2. The van der Waals surface area contributed by atoms with Crippen LogP contribution in [-0.4, -0.2) is 26.3 Å². The predicted octanol–water partition coefficient (Wildman–Crippen LogP) is 2.02. The standard InChI is InChI=1S/C9H11NO4S/c1-5-4-15-7(8(11)13-2)6(5)10-9(12)14-3/h4H,1-3H3,(H,10,12). The third kappa shape index (κ3) is 2.47. The van der Waals surface area contributed by atoms with E-state index in [0.717, 1.165) is 5.56 Å². The minimum Gasteiger partial charge on any atom is -0.465 e. The zero-order valence-corrected chi connectivity index (χ0v) is 9.44. The van der Waals surface area contributed by atoms with Gasteiger partial charge >= 0.3 is 12.1 Å². The second-order valence-corrected chi connectivity index (χ2v) is 3.61. The molecule has 15 heavy (non-hydrogen) atoms. The highest BCUT2D eigenvalue weighted by molar-refractivity contribution is 7.12. The SMILES string of the molecule is COC(=O)Nc1c(C)csc1C(=O)OC. The lowest BCUT2D eigenvalue weighted by Gasteiger charge is -2.05. The number of hydrogen-bond donors (Lipinski definition) is 1. The maximum absolute atomic E-state index is 11.3. The number of anilines is 1. The third-order valence-corrected chi connectivity index (χ3v) is 2.84. The molecule has 1 N–H and O–H groups in total. The van der Waals surface area contributed by atoms with E-state index in [-0.39, 0.29) is 0 Å². The first kappa shape index (κ1) is 11.5. The maximum Gasteiger partial charge on any atom is 0.411 e. The van der Waals surface area contributed by atoms with E-state index in [9.17, 15) is 9.59 Å². The Bertz CT molecular complexity index is 385. The molecule has 0 spiro atoms. The summed E-state index contributed by atoms with van der Waals surface area (Å²) in [6, 6.07) is 0. The summed E-state index contributed by atoms with van der Waals surface area (Å²) in [7, 11) is 2.55. The Kier molecular flexibility index (Phi) is 3.68. The molecule has 0 aliphatic heterocycles. The van der Waals surface area contributed by atoms with Gasteiger partial charge in [-0.1, -0.05) is 0 Å². The van der Waals surface area contributed by atoms with Crippen LogP contribution in [-0.2, 0) is 9.47 Å². The summed E-state index contributed by atoms with van der Waals surface area (Å²) in [6.07, 6.45) is -0.610. The van der Waals surface area contributed by atoms with Gasteiger partial charge in [0.2, 0.25) is 0 Å². The molecular formula is C9H11NO4S. The Hall–Kier alpha value is -1.56. The average molecular weight is 229 g/mol. The molecule has 1 heterocycles. The number of amides is 1. The van der Waals surface area contributed by atoms with Crippen molar-refractivity contribution in [3.63, 3.8) is 0 Å². The highest BCUT2D eigenvalue weighted by Crippen LogP contribution is 2.28. The van der Waals surface area contributed by atoms with Crippen molar-refractivity contribution in [2.75, 3.05) is 19.5 Å². The molecule has 5 nitrogen and oxygen atoms in total. The summed E-state index contributed by atoms with van der Waals surface area (Å²) >= 11 is 1.22. The molecule has 0 saturated carbocycles. The first-order chi connectivity index (χ1) is 7.10. The van der Waals surface area contributed by atoms with Crippen molar-refractivity contribution in [2.24, 2.45) is 0 Å². The highest BCUT2D eigenvalue weighted by atomic mass is 32.1. The molecular weight excluding hydrogens is 218 g/mol. The second-order valence-electron chi connectivity index (χ2n) is 2.73. The Morgan fingerprint density at radius 3 is 2.53 bits per heavy atom. The van der Waals surface area contributed by atoms with Gasteiger partial charge in [-0.15, -0.1) is 11.3 Å². The van der Waals surface area contributed by atoms with Crippen LogP contribution in [0.3, 0.4) is 0 Å². The molecule has 1 aromatic heterocycles. The molecule has 0 atom stereocenters. The van der Waals surface area contributed by atoms with Gasteiger partial charge in [-0.05, 0) is 17.9 Å². The van der Waals surface area contributed by atoms with Crippen LogP contribution in [0.1, 0.15) is 15.2 Å². The number of carbonyl (C=O) groups excluding carboxylic acids is 2. The molecule has 0 unspecified atom stereocenters. The van der Waals surface area contributed by atoms with E-state index >= 15 is 0 Å². The molecule has 0 saturated heterocycles.